The van der Waals surface area contributed by atoms with E-state index in [9.17, 15) is 9.18 Å². The van der Waals surface area contributed by atoms with E-state index in [1.54, 1.807) is 36.4 Å². The first kappa shape index (κ1) is 16.8. The fourth-order valence-corrected chi connectivity index (χ4v) is 2.82. The minimum absolute atomic E-state index is 0.0446. The lowest BCUT2D eigenvalue weighted by Crippen LogP contribution is -2.50. The molecule has 1 saturated heterocycles. The highest BCUT2D eigenvalue weighted by molar-refractivity contribution is 5.81. The quantitative estimate of drug-likeness (QED) is 0.930. The molecular weight excluding hydrogens is 319 g/mol. The van der Waals surface area contributed by atoms with Crippen molar-refractivity contribution in [2.24, 2.45) is 0 Å². The smallest absolute Gasteiger partial charge is 0.241 e. The van der Waals surface area contributed by atoms with E-state index < -0.39 is 0 Å². The van der Waals surface area contributed by atoms with Crippen LogP contribution in [0, 0.1) is 17.1 Å². The summed E-state index contributed by atoms with van der Waals surface area (Å²) < 4.78 is 13.0. The van der Waals surface area contributed by atoms with Crippen LogP contribution in [0.5, 0.6) is 0 Å². The van der Waals surface area contributed by atoms with E-state index in [2.05, 4.69) is 16.3 Å². The number of amides is 1. The van der Waals surface area contributed by atoms with Gasteiger partial charge in [0, 0.05) is 37.6 Å². The molecule has 2 aromatic carbocycles. The second-order valence-corrected chi connectivity index (χ2v) is 5.89. The third-order valence-electron chi connectivity index (χ3n) is 4.28. The topological polar surface area (TPSA) is 59.4 Å². The Morgan fingerprint density at radius 1 is 1.04 bits per heavy atom. The largest absolute Gasteiger partial charge is 0.376 e. The van der Waals surface area contributed by atoms with Crippen molar-refractivity contribution in [3.05, 3.63) is 59.9 Å². The number of nitrogens with one attached hydrogen (secondary N) is 1. The van der Waals surface area contributed by atoms with E-state index in [0.717, 1.165) is 24.5 Å². The molecule has 1 amide bonds. The summed E-state index contributed by atoms with van der Waals surface area (Å²) in [5, 5.41) is 11.9. The molecule has 1 aliphatic rings. The minimum Gasteiger partial charge on any atom is -0.376 e. The van der Waals surface area contributed by atoms with E-state index in [0.29, 0.717) is 18.7 Å². The molecule has 1 aliphatic heterocycles. The van der Waals surface area contributed by atoms with Crippen LogP contribution in [-0.4, -0.2) is 43.5 Å². The number of nitrogens with zero attached hydrogens (tertiary/aromatic N) is 3. The number of piperazine rings is 1. The Morgan fingerprint density at radius 2 is 1.68 bits per heavy atom. The molecule has 0 unspecified atom stereocenters. The van der Waals surface area contributed by atoms with Crippen LogP contribution in [0.4, 0.5) is 15.8 Å². The fourth-order valence-electron chi connectivity index (χ4n) is 2.82. The number of anilines is 2. The molecule has 1 N–H and O–H groups in total. The van der Waals surface area contributed by atoms with Gasteiger partial charge in [0.1, 0.15) is 5.82 Å². The van der Waals surface area contributed by atoms with Gasteiger partial charge in [-0.3, -0.25) is 4.79 Å². The van der Waals surface area contributed by atoms with E-state index >= 15 is 0 Å². The minimum atomic E-state index is -0.244. The molecular formula is C19H19FN4O. The van der Waals surface area contributed by atoms with Crippen LogP contribution in [0.3, 0.4) is 0 Å². The molecule has 0 saturated carbocycles. The zero-order chi connectivity index (χ0) is 17.6. The van der Waals surface area contributed by atoms with Crippen LogP contribution in [0.25, 0.3) is 0 Å². The fraction of sp³-hybridized carbons (Fsp3) is 0.263. The lowest BCUT2D eigenvalue weighted by Gasteiger charge is -2.36. The second-order valence-electron chi connectivity index (χ2n) is 5.89. The molecule has 0 bridgehead atoms. The summed E-state index contributed by atoms with van der Waals surface area (Å²) in [4.78, 5) is 16.3. The summed E-state index contributed by atoms with van der Waals surface area (Å²) >= 11 is 0. The normalized spacial score (nSPS) is 14.1. The standard InChI is InChI=1S/C19H19FN4O/c20-16-3-7-18(8-4-16)23-9-11-24(12-10-23)19(25)14-22-17-5-1-15(13-21)2-6-17/h1-8,22H,9-12,14H2. The first-order chi connectivity index (χ1) is 12.2. The van der Waals surface area contributed by atoms with Crippen molar-refractivity contribution >= 4 is 17.3 Å². The molecule has 3 rings (SSSR count). The van der Waals surface area contributed by atoms with Gasteiger partial charge in [-0.25, -0.2) is 4.39 Å². The maximum Gasteiger partial charge on any atom is 0.241 e. The molecule has 0 atom stereocenters. The monoisotopic (exact) mass is 338 g/mol. The van der Waals surface area contributed by atoms with Gasteiger partial charge in [0.2, 0.25) is 5.91 Å². The second kappa shape index (κ2) is 7.67. The predicted octanol–water partition coefficient (Wildman–Crippen LogP) is 2.46. The van der Waals surface area contributed by atoms with Crippen molar-refractivity contribution < 1.29 is 9.18 Å². The molecule has 1 heterocycles. The van der Waals surface area contributed by atoms with Crippen molar-refractivity contribution in [2.75, 3.05) is 42.9 Å². The van der Waals surface area contributed by atoms with Gasteiger partial charge < -0.3 is 15.1 Å². The molecule has 25 heavy (non-hydrogen) atoms. The van der Waals surface area contributed by atoms with Gasteiger partial charge in [-0.2, -0.15) is 5.26 Å². The number of rotatable bonds is 4. The summed E-state index contributed by atoms with van der Waals surface area (Å²) in [7, 11) is 0. The maximum atomic E-state index is 13.0. The average Bonchev–Trinajstić information content (AvgIpc) is 2.67. The van der Waals surface area contributed by atoms with Crippen molar-refractivity contribution in [1.29, 1.82) is 5.26 Å². The lowest BCUT2D eigenvalue weighted by atomic mass is 10.2. The van der Waals surface area contributed by atoms with Crippen molar-refractivity contribution in [1.82, 2.24) is 4.90 Å². The van der Waals surface area contributed by atoms with Gasteiger partial charge in [-0.15, -0.1) is 0 Å². The van der Waals surface area contributed by atoms with Gasteiger partial charge in [0.05, 0.1) is 18.2 Å². The number of hydrogen-bond acceptors (Lipinski definition) is 4. The maximum absolute atomic E-state index is 13.0. The molecule has 0 spiro atoms. The van der Waals surface area contributed by atoms with Crippen LogP contribution in [0.1, 0.15) is 5.56 Å². The SMILES string of the molecule is N#Cc1ccc(NCC(=O)N2CCN(c3ccc(F)cc3)CC2)cc1. The van der Waals surface area contributed by atoms with Gasteiger partial charge >= 0.3 is 0 Å². The Bertz CT molecular complexity index is 760. The van der Waals surface area contributed by atoms with Crippen LogP contribution in [0.2, 0.25) is 0 Å². The molecule has 128 valence electrons. The summed E-state index contributed by atoms with van der Waals surface area (Å²) in [6, 6.07) is 15.5. The summed E-state index contributed by atoms with van der Waals surface area (Å²) in [6.45, 7) is 2.97. The summed E-state index contributed by atoms with van der Waals surface area (Å²) in [6.07, 6.45) is 0. The predicted molar refractivity (Wildman–Crippen MR) is 94.8 cm³/mol. The number of halogens is 1. The third kappa shape index (κ3) is 4.27. The zero-order valence-electron chi connectivity index (χ0n) is 13.8. The Morgan fingerprint density at radius 3 is 2.28 bits per heavy atom. The van der Waals surface area contributed by atoms with Gasteiger partial charge in [-0.1, -0.05) is 0 Å². The average molecular weight is 338 g/mol. The van der Waals surface area contributed by atoms with E-state index in [-0.39, 0.29) is 18.3 Å². The highest BCUT2D eigenvalue weighted by Crippen LogP contribution is 2.17. The Hall–Kier alpha value is -3.07. The number of carbonyl (C=O) groups is 1. The van der Waals surface area contributed by atoms with Crippen LogP contribution >= 0.6 is 0 Å². The Balaban J connectivity index is 1.48. The number of benzene rings is 2. The number of nitriles is 1. The first-order valence-corrected chi connectivity index (χ1v) is 8.18. The van der Waals surface area contributed by atoms with Gasteiger partial charge in [-0.05, 0) is 48.5 Å². The molecule has 0 aliphatic carbocycles. The van der Waals surface area contributed by atoms with Crippen LogP contribution in [-0.2, 0) is 4.79 Å². The van der Waals surface area contributed by atoms with Gasteiger partial charge in [0.25, 0.3) is 0 Å². The van der Waals surface area contributed by atoms with Crippen molar-refractivity contribution in [3.63, 3.8) is 0 Å². The highest BCUT2D eigenvalue weighted by Gasteiger charge is 2.21. The Labute approximate surface area is 146 Å². The van der Waals surface area contributed by atoms with Crippen LogP contribution in [0.15, 0.2) is 48.5 Å². The number of hydrogen-bond donors (Lipinski definition) is 1. The lowest BCUT2D eigenvalue weighted by molar-refractivity contribution is -0.129. The summed E-state index contributed by atoms with van der Waals surface area (Å²) in [5.41, 5.74) is 2.38. The number of carbonyl (C=O) groups excluding carboxylic acids is 1. The van der Waals surface area contributed by atoms with E-state index in [1.165, 1.54) is 12.1 Å². The van der Waals surface area contributed by atoms with E-state index in [1.807, 2.05) is 4.90 Å². The molecule has 6 heteroatoms. The molecule has 1 fully saturated rings. The molecule has 0 radical (unpaired) electrons. The zero-order valence-corrected chi connectivity index (χ0v) is 13.8. The molecule has 2 aromatic rings. The van der Waals surface area contributed by atoms with Crippen molar-refractivity contribution in [2.45, 2.75) is 0 Å². The van der Waals surface area contributed by atoms with Crippen molar-refractivity contribution in [3.8, 4) is 6.07 Å². The molecule has 5 nitrogen and oxygen atoms in total. The van der Waals surface area contributed by atoms with Gasteiger partial charge in [0.15, 0.2) is 0 Å². The van der Waals surface area contributed by atoms with Crippen LogP contribution < -0.4 is 10.2 Å². The summed E-state index contributed by atoms with van der Waals surface area (Å²) in [5.74, 6) is -0.199. The first-order valence-electron chi connectivity index (χ1n) is 8.18. The van der Waals surface area contributed by atoms with E-state index in [4.69, 9.17) is 5.26 Å². The third-order valence-corrected chi connectivity index (χ3v) is 4.28. The molecule has 0 aromatic heterocycles. The Kier molecular flexibility index (Phi) is 5.14. The highest BCUT2D eigenvalue weighted by atomic mass is 19.1.